The molecule has 7 heteroatoms. The molecule has 0 spiro atoms. The number of amidine groups is 1. The van der Waals surface area contributed by atoms with Gasteiger partial charge >= 0.3 is 0 Å². The average Bonchev–Trinajstić information content (AvgIpc) is 3.17. The standard InChI is InChI=1S/C28H26N2O4S/c1-3-19-11-5-8-14-22(19)29-28-30(23-15-9-6-12-20(23)4-2)27(33)25(35-28)17-21-13-7-10-16-24(21)34-18-26(31)32/h5-17H,3-4,18H2,1-2H3,(H,31,32)/p-1. The number of amides is 1. The highest BCUT2D eigenvalue weighted by atomic mass is 32.2. The van der Waals surface area contributed by atoms with Crippen molar-refractivity contribution in [2.75, 3.05) is 11.5 Å². The van der Waals surface area contributed by atoms with Crippen LogP contribution in [-0.4, -0.2) is 23.7 Å². The van der Waals surface area contributed by atoms with Crippen molar-refractivity contribution in [2.24, 2.45) is 4.99 Å². The molecule has 4 rings (SSSR count). The molecule has 1 amide bonds. The van der Waals surface area contributed by atoms with Crippen molar-refractivity contribution >= 4 is 46.3 Å². The van der Waals surface area contributed by atoms with Crippen LogP contribution in [0.2, 0.25) is 0 Å². The summed E-state index contributed by atoms with van der Waals surface area (Å²) in [5.74, 6) is -1.15. The molecule has 1 heterocycles. The van der Waals surface area contributed by atoms with Gasteiger partial charge in [0, 0.05) is 5.56 Å². The molecule has 178 valence electrons. The molecule has 1 aliphatic rings. The van der Waals surface area contributed by atoms with E-state index in [1.807, 2.05) is 48.5 Å². The monoisotopic (exact) mass is 485 g/mol. The zero-order valence-electron chi connectivity index (χ0n) is 19.6. The number of aryl methyl sites for hydroxylation is 2. The van der Waals surface area contributed by atoms with Gasteiger partial charge in [0.1, 0.15) is 12.4 Å². The average molecular weight is 486 g/mol. The number of carboxylic acids is 1. The number of aliphatic imine (C=N–C) groups is 1. The van der Waals surface area contributed by atoms with Crippen LogP contribution in [0.15, 0.2) is 82.7 Å². The Kier molecular flexibility index (Phi) is 7.67. The maximum absolute atomic E-state index is 13.7. The number of aliphatic carboxylic acids is 1. The molecule has 3 aromatic rings. The Morgan fingerprint density at radius 1 is 0.971 bits per heavy atom. The van der Waals surface area contributed by atoms with Crippen LogP contribution in [-0.2, 0) is 22.4 Å². The van der Waals surface area contributed by atoms with Gasteiger partial charge in [0.25, 0.3) is 5.91 Å². The van der Waals surface area contributed by atoms with E-state index >= 15 is 0 Å². The molecule has 6 nitrogen and oxygen atoms in total. The summed E-state index contributed by atoms with van der Waals surface area (Å²) >= 11 is 1.29. The Morgan fingerprint density at radius 2 is 1.63 bits per heavy atom. The molecule has 0 atom stereocenters. The van der Waals surface area contributed by atoms with Gasteiger partial charge in [-0.1, -0.05) is 68.4 Å². The zero-order valence-corrected chi connectivity index (χ0v) is 20.4. The van der Waals surface area contributed by atoms with E-state index in [2.05, 4.69) is 13.8 Å². The minimum Gasteiger partial charge on any atom is -0.546 e. The van der Waals surface area contributed by atoms with Gasteiger partial charge in [-0.05, 0) is 60.0 Å². The fourth-order valence-corrected chi connectivity index (χ4v) is 4.80. The predicted molar refractivity (Wildman–Crippen MR) is 139 cm³/mol. The van der Waals surface area contributed by atoms with Gasteiger partial charge in [-0.15, -0.1) is 0 Å². The van der Waals surface area contributed by atoms with Crippen LogP contribution in [0.4, 0.5) is 11.4 Å². The van der Waals surface area contributed by atoms with Crippen molar-refractivity contribution in [3.05, 3.63) is 94.4 Å². The number of carboxylic acid groups (broad SMARTS) is 1. The van der Waals surface area contributed by atoms with E-state index in [-0.39, 0.29) is 5.91 Å². The van der Waals surface area contributed by atoms with Crippen LogP contribution >= 0.6 is 11.8 Å². The molecule has 1 fully saturated rings. The van der Waals surface area contributed by atoms with Crippen molar-refractivity contribution in [2.45, 2.75) is 26.7 Å². The first-order chi connectivity index (χ1) is 17.0. The van der Waals surface area contributed by atoms with Crippen molar-refractivity contribution in [1.29, 1.82) is 0 Å². The van der Waals surface area contributed by atoms with Crippen molar-refractivity contribution in [3.63, 3.8) is 0 Å². The fourth-order valence-electron chi connectivity index (χ4n) is 3.82. The Labute approximate surface area is 209 Å². The lowest BCUT2D eigenvalue weighted by molar-refractivity contribution is -0.307. The number of anilines is 1. The van der Waals surface area contributed by atoms with Gasteiger partial charge in [-0.3, -0.25) is 9.69 Å². The second kappa shape index (κ2) is 11.1. The van der Waals surface area contributed by atoms with Gasteiger partial charge in [0.2, 0.25) is 0 Å². The maximum atomic E-state index is 13.7. The Hall–Kier alpha value is -3.84. The number of benzene rings is 3. The van der Waals surface area contributed by atoms with Crippen LogP contribution in [0, 0.1) is 0 Å². The van der Waals surface area contributed by atoms with Crippen molar-refractivity contribution in [3.8, 4) is 5.75 Å². The van der Waals surface area contributed by atoms with E-state index in [0.717, 1.165) is 35.3 Å². The highest BCUT2D eigenvalue weighted by molar-refractivity contribution is 8.19. The number of carbonyl (C=O) groups is 2. The van der Waals surface area contributed by atoms with Crippen molar-refractivity contribution < 1.29 is 19.4 Å². The van der Waals surface area contributed by atoms with Crippen LogP contribution in [0.3, 0.4) is 0 Å². The highest BCUT2D eigenvalue weighted by Gasteiger charge is 2.36. The number of ether oxygens (including phenoxy) is 1. The molecular weight excluding hydrogens is 460 g/mol. The normalized spacial score (nSPS) is 15.7. The number of nitrogens with zero attached hydrogens (tertiary/aromatic N) is 2. The van der Waals surface area contributed by atoms with Crippen molar-refractivity contribution in [1.82, 2.24) is 0 Å². The van der Waals surface area contributed by atoms with Gasteiger partial charge < -0.3 is 14.6 Å². The molecule has 0 bridgehead atoms. The van der Waals surface area contributed by atoms with E-state index in [1.165, 1.54) is 11.8 Å². The number of rotatable bonds is 8. The van der Waals surface area contributed by atoms with E-state index in [9.17, 15) is 14.7 Å². The molecule has 0 N–H and O–H groups in total. The lowest BCUT2D eigenvalue weighted by atomic mass is 10.1. The van der Waals surface area contributed by atoms with Crippen LogP contribution in [0.1, 0.15) is 30.5 Å². The summed E-state index contributed by atoms with van der Waals surface area (Å²) in [6.45, 7) is 3.56. The fraction of sp³-hybridized carbons (Fsp3) is 0.179. The van der Waals surface area contributed by atoms with Gasteiger partial charge in [0.15, 0.2) is 5.17 Å². The number of thioether (sulfide) groups is 1. The quantitative estimate of drug-likeness (QED) is 0.430. The van der Waals surface area contributed by atoms with Crippen LogP contribution in [0.25, 0.3) is 6.08 Å². The number of hydrogen-bond acceptors (Lipinski definition) is 6. The molecule has 1 saturated heterocycles. The van der Waals surface area contributed by atoms with E-state index in [4.69, 9.17) is 9.73 Å². The second-order valence-electron chi connectivity index (χ2n) is 7.81. The Balaban J connectivity index is 1.81. The molecule has 3 aromatic carbocycles. The Morgan fingerprint density at radius 3 is 2.37 bits per heavy atom. The SMILES string of the molecule is CCc1ccccc1N=C1SC(=Cc2ccccc2OCC(=O)[O-])C(=O)N1c1ccccc1CC. The van der Waals surface area contributed by atoms with Gasteiger partial charge in [-0.2, -0.15) is 0 Å². The third-order valence-electron chi connectivity index (χ3n) is 5.56. The summed E-state index contributed by atoms with van der Waals surface area (Å²) in [5.41, 5.74) is 4.35. The van der Waals surface area contributed by atoms with E-state index in [1.54, 1.807) is 35.2 Å². The Bertz CT molecular complexity index is 1320. The molecule has 1 aliphatic heterocycles. The lowest BCUT2D eigenvalue weighted by Gasteiger charge is -2.19. The molecule has 0 unspecified atom stereocenters. The van der Waals surface area contributed by atoms with Crippen LogP contribution in [0.5, 0.6) is 5.75 Å². The summed E-state index contributed by atoms with van der Waals surface area (Å²) in [6, 6.07) is 22.7. The lowest BCUT2D eigenvalue weighted by Crippen LogP contribution is -2.29. The van der Waals surface area contributed by atoms with E-state index in [0.29, 0.717) is 21.4 Å². The first-order valence-corrected chi connectivity index (χ1v) is 12.2. The molecule has 0 radical (unpaired) electrons. The third kappa shape index (κ3) is 5.46. The highest BCUT2D eigenvalue weighted by Crippen LogP contribution is 2.40. The summed E-state index contributed by atoms with van der Waals surface area (Å²) in [4.78, 5) is 31.6. The predicted octanol–water partition coefficient (Wildman–Crippen LogP) is 4.75. The molecule has 35 heavy (non-hydrogen) atoms. The minimum absolute atomic E-state index is 0.196. The maximum Gasteiger partial charge on any atom is 0.271 e. The first-order valence-electron chi connectivity index (χ1n) is 11.4. The number of para-hydroxylation sites is 3. The third-order valence-corrected chi connectivity index (χ3v) is 6.53. The summed E-state index contributed by atoms with van der Waals surface area (Å²) in [7, 11) is 0. The second-order valence-corrected chi connectivity index (χ2v) is 8.82. The van der Waals surface area contributed by atoms with E-state index < -0.39 is 12.6 Å². The smallest absolute Gasteiger partial charge is 0.271 e. The van der Waals surface area contributed by atoms with Gasteiger partial charge in [0.05, 0.1) is 22.2 Å². The first kappa shape index (κ1) is 24.3. The minimum atomic E-state index is -1.31. The topological polar surface area (TPSA) is 82.0 Å². The molecule has 0 aliphatic carbocycles. The summed E-state index contributed by atoms with van der Waals surface area (Å²) < 4.78 is 5.37. The molecular formula is C28H25N2O4S-. The molecule has 0 aromatic heterocycles. The summed E-state index contributed by atoms with van der Waals surface area (Å²) in [6.07, 6.45) is 3.30. The zero-order chi connectivity index (χ0) is 24.8. The molecule has 0 saturated carbocycles. The summed E-state index contributed by atoms with van der Waals surface area (Å²) in [5, 5.41) is 11.4. The van der Waals surface area contributed by atoms with Crippen LogP contribution < -0.4 is 14.7 Å². The largest absolute Gasteiger partial charge is 0.546 e. The number of hydrogen-bond donors (Lipinski definition) is 0. The van der Waals surface area contributed by atoms with Gasteiger partial charge in [-0.25, -0.2) is 4.99 Å². The number of carbonyl (C=O) groups excluding carboxylic acids is 2.